The number of nitrogens with one attached hydrogen (secondary N) is 2. The third-order valence-electron chi connectivity index (χ3n) is 3.14. The summed E-state index contributed by atoms with van der Waals surface area (Å²) >= 11 is 0. The maximum Gasteiger partial charge on any atom is 0.191 e. The summed E-state index contributed by atoms with van der Waals surface area (Å²) in [6.45, 7) is 6.21. The molecule has 21 heavy (non-hydrogen) atoms. The van der Waals surface area contributed by atoms with Crippen molar-refractivity contribution >= 4 is 15.8 Å². The first-order chi connectivity index (χ1) is 9.99. The van der Waals surface area contributed by atoms with Crippen molar-refractivity contribution in [3.05, 3.63) is 0 Å². The van der Waals surface area contributed by atoms with Crippen molar-refractivity contribution in [2.24, 2.45) is 4.99 Å². The summed E-state index contributed by atoms with van der Waals surface area (Å²) in [6.07, 6.45) is 10.1. The van der Waals surface area contributed by atoms with Gasteiger partial charge in [-0.1, -0.05) is 45.4 Å². The molecule has 0 aliphatic carbocycles. The maximum absolute atomic E-state index is 11.1. The van der Waals surface area contributed by atoms with Crippen LogP contribution in [-0.4, -0.2) is 46.0 Å². The molecule has 6 heteroatoms. The summed E-state index contributed by atoms with van der Waals surface area (Å²) in [6, 6.07) is 0. The van der Waals surface area contributed by atoms with Gasteiger partial charge in [0.25, 0.3) is 0 Å². The van der Waals surface area contributed by atoms with Gasteiger partial charge in [-0.2, -0.15) is 0 Å². The maximum atomic E-state index is 11.1. The second-order valence-corrected chi connectivity index (χ2v) is 7.70. The molecule has 0 aromatic rings. The van der Waals surface area contributed by atoms with E-state index in [1.54, 1.807) is 0 Å². The fourth-order valence-corrected chi connectivity index (χ4v) is 2.43. The monoisotopic (exact) mass is 319 g/mol. The van der Waals surface area contributed by atoms with Gasteiger partial charge in [0.15, 0.2) is 5.96 Å². The van der Waals surface area contributed by atoms with E-state index in [9.17, 15) is 8.42 Å². The van der Waals surface area contributed by atoms with E-state index in [0.29, 0.717) is 12.5 Å². The Balaban J connectivity index is 3.78. The highest BCUT2D eigenvalue weighted by Crippen LogP contribution is 2.06. The molecule has 0 heterocycles. The number of sulfone groups is 1. The van der Waals surface area contributed by atoms with Gasteiger partial charge in [0.1, 0.15) is 9.84 Å². The third kappa shape index (κ3) is 15.4. The molecular weight excluding hydrogens is 286 g/mol. The van der Waals surface area contributed by atoms with Crippen molar-refractivity contribution in [2.75, 3.05) is 31.6 Å². The van der Waals surface area contributed by atoms with Crippen LogP contribution < -0.4 is 10.6 Å². The van der Waals surface area contributed by atoms with Gasteiger partial charge < -0.3 is 10.6 Å². The molecule has 0 spiro atoms. The molecule has 0 amide bonds. The van der Waals surface area contributed by atoms with Crippen LogP contribution in [0.15, 0.2) is 4.99 Å². The van der Waals surface area contributed by atoms with E-state index in [2.05, 4.69) is 22.5 Å². The Labute approximate surface area is 130 Å². The number of guanidine groups is 1. The lowest BCUT2D eigenvalue weighted by Gasteiger charge is -2.10. The van der Waals surface area contributed by atoms with E-state index in [4.69, 9.17) is 0 Å². The smallest absolute Gasteiger partial charge is 0.191 e. The zero-order valence-electron chi connectivity index (χ0n) is 14.0. The molecule has 0 unspecified atom stereocenters. The van der Waals surface area contributed by atoms with Gasteiger partial charge in [-0.15, -0.1) is 0 Å². The van der Waals surface area contributed by atoms with E-state index >= 15 is 0 Å². The lowest BCUT2D eigenvalue weighted by atomic mass is 10.1. The lowest BCUT2D eigenvalue weighted by Crippen LogP contribution is -2.39. The van der Waals surface area contributed by atoms with Gasteiger partial charge in [0, 0.05) is 25.9 Å². The van der Waals surface area contributed by atoms with Crippen LogP contribution in [0.5, 0.6) is 0 Å². The Kier molecular flexibility index (Phi) is 12.4. The van der Waals surface area contributed by atoms with Gasteiger partial charge in [0.2, 0.25) is 0 Å². The van der Waals surface area contributed by atoms with Crippen molar-refractivity contribution < 1.29 is 8.42 Å². The first-order valence-corrected chi connectivity index (χ1v) is 10.3. The summed E-state index contributed by atoms with van der Waals surface area (Å²) in [7, 11) is -2.92. The second kappa shape index (κ2) is 12.9. The standard InChI is InChI=1S/C15H33N3O2S/c1-4-6-7-8-9-10-11-12-17-15(16-5-2)18-13-14-21(3,19)20/h4-14H2,1-3H3,(H2,16,17,18). The Bertz CT molecular complexity index is 367. The van der Waals surface area contributed by atoms with Crippen LogP contribution in [0.2, 0.25) is 0 Å². The number of hydrogen-bond acceptors (Lipinski definition) is 3. The number of unbranched alkanes of at least 4 members (excludes halogenated alkanes) is 6. The van der Waals surface area contributed by atoms with Gasteiger partial charge in [-0.25, -0.2) is 8.42 Å². The van der Waals surface area contributed by atoms with Gasteiger partial charge in [-0.05, 0) is 13.3 Å². The summed E-state index contributed by atoms with van der Waals surface area (Å²) in [5, 5.41) is 6.19. The van der Waals surface area contributed by atoms with E-state index in [-0.39, 0.29) is 5.75 Å². The molecule has 126 valence electrons. The molecule has 0 fully saturated rings. The van der Waals surface area contributed by atoms with E-state index in [0.717, 1.165) is 19.5 Å². The number of aliphatic imine (C=N–C) groups is 1. The van der Waals surface area contributed by atoms with E-state index in [1.807, 2.05) is 6.92 Å². The van der Waals surface area contributed by atoms with Gasteiger partial charge >= 0.3 is 0 Å². The quantitative estimate of drug-likeness (QED) is 0.329. The number of nitrogens with zero attached hydrogens (tertiary/aromatic N) is 1. The molecule has 0 rings (SSSR count). The first-order valence-electron chi connectivity index (χ1n) is 8.19. The van der Waals surface area contributed by atoms with Crippen LogP contribution in [0.1, 0.15) is 58.8 Å². The SMILES string of the molecule is CCCCCCCCCN=C(NCC)NCCS(C)(=O)=O. The van der Waals surface area contributed by atoms with Gasteiger partial charge in [-0.3, -0.25) is 4.99 Å². The minimum absolute atomic E-state index is 0.134. The predicted octanol–water partition coefficient (Wildman–Crippen LogP) is 2.34. The summed E-state index contributed by atoms with van der Waals surface area (Å²) < 4.78 is 22.2. The molecule has 0 aliphatic rings. The Morgan fingerprint density at radius 2 is 1.57 bits per heavy atom. The summed E-state index contributed by atoms with van der Waals surface area (Å²) in [5.74, 6) is 0.849. The third-order valence-corrected chi connectivity index (χ3v) is 4.09. The summed E-state index contributed by atoms with van der Waals surface area (Å²) in [5.41, 5.74) is 0. The van der Waals surface area contributed by atoms with Gasteiger partial charge in [0.05, 0.1) is 5.75 Å². The van der Waals surface area contributed by atoms with E-state index in [1.165, 1.54) is 44.8 Å². The summed E-state index contributed by atoms with van der Waals surface area (Å²) in [4.78, 5) is 4.47. The highest BCUT2D eigenvalue weighted by atomic mass is 32.2. The zero-order valence-corrected chi connectivity index (χ0v) is 14.8. The molecule has 0 atom stereocenters. The fourth-order valence-electron chi connectivity index (χ4n) is 1.96. The average molecular weight is 320 g/mol. The molecule has 0 saturated heterocycles. The van der Waals surface area contributed by atoms with Crippen molar-refractivity contribution in [1.82, 2.24) is 10.6 Å². The van der Waals surface area contributed by atoms with Crippen LogP contribution in [-0.2, 0) is 9.84 Å². The normalized spacial score (nSPS) is 12.4. The van der Waals surface area contributed by atoms with Crippen molar-refractivity contribution in [3.8, 4) is 0 Å². The Morgan fingerprint density at radius 1 is 0.952 bits per heavy atom. The molecule has 5 nitrogen and oxygen atoms in total. The fraction of sp³-hybridized carbons (Fsp3) is 0.933. The van der Waals surface area contributed by atoms with Crippen molar-refractivity contribution in [3.63, 3.8) is 0 Å². The second-order valence-electron chi connectivity index (χ2n) is 5.44. The molecule has 2 N–H and O–H groups in total. The molecule has 0 aromatic heterocycles. The van der Waals surface area contributed by atoms with Crippen LogP contribution in [0, 0.1) is 0 Å². The van der Waals surface area contributed by atoms with Crippen LogP contribution in [0.3, 0.4) is 0 Å². The topological polar surface area (TPSA) is 70.6 Å². The van der Waals surface area contributed by atoms with Crippen molar-refractivity contribution in [1.29, 1.82) is 0 Å². The van der Waals surface area contributed by atoms with Crippen LogP contribution >= 0.6 is 0 Å². The van der Waals surface area contributed by atoms with Crippen LogP contribution in [0.4, 0.5) is 0 Å². The molecule has 0 bridgehead atoms. The van der Waals surface area contributed by atoms with Crippen molar-refractivity contribution in [2.45, 2.75) is 58.8 Å². The first kappa shape index (κ1) is 20.2. The zero-order chi connectivity index (χ0) is 16.0. The lowest BCUT2D eigenvalue weighted by molar-refractivity contribution is 0.592. The van der Waals surface area contributed by atoms with Crippen LogP contribution in [0.25, 0.3) is 0 Å². The molecule has 0 aliphatic heterocycles. The Hall–Kier alpha value is -0.780. The van der Waals surface area contributed by atoms with E-state index < -0.39 is 9.84 Å². The molecule has 0 saturated carbocycles. The number of rotatable bonds is 12. The minimum atomic E-state index is -2.92. The predicted molar refractivity (Wildman–Crippen MR) is 91.7 cm³/mol. The highest BCUT2D eigenvalue weighted by Gasteiger charge is 2.02. The minimum Gasteiger partial charge on any atom is -0.357 e. The number of hydrogen-bond donors (Lipinski definition) is 2. The Morgan fingerprint density at radius 3 is 2.14 bits per heavy atom. The highest BCUT2D eigenvalue weighted by molar-refractivity contribution is 7.90. The molecular formula is C15H33N3O2S. The molecule has 0 radical (unpaired) electrons. The average Bonchev–Trinajstić information content (AvgIpc) is 2.40. The molecule has 0 aromatic carbocycles. The largest absolute Gasteiger partial charge is 0.357 e.